The van der Waals surface area contributed by atoms with Gasteiger partial charge >= 0.3 is 0 Å². The summed E-state index contributed by atoms with van der Waals surface area (Å²) in [5.41, 5.74) is 12.2. The molecule has 0 amide bonds. The molecule has 0 aliphatic rings. The van der Waals surface area contributed by atoms with E-state index in [9.17, 15) is 0 Å². The average molecular weight is 703 g/mol. The van der Waals surface area contributed by atoms with Crippen LogP contribution >= 0.6 is 0 Å². The number of fused-ring (bicyclic) bond motifs is 10. The Kier molecular flexibility index (Phi) is 6.34. The molecule has 0 atom stereocenters. The molecule has 0 spiro atoms. The molecule has 55 heavy (non-hydrogen) atoms. The van der Waals surface area contributed by atoms with Crippen LogP contribution in [0.3, 0.4) is 0 Å². The fourth-order valence-corrected chi connectivity index (χ4v) is 8.89. The van der Waals surface area contributed by atoms with Gasteiger partial charge in [-0.25, -0.2) is 0 Å². The van der Waals surface area contributed by atoms with E-state index in [0.717, 1.165) is 88.4 Å². The highest BCUT2D eigenvalue weighted by Crippen LogP contribution is 2.48. The monoisotopic (exact) mass is 702 g/mol. The van der Waals surface area contributed by atoms with Gasteiger partial charge in [0, 0.05) is 32.7 Å². The normalized spacial score (nSPS) is 12.0. The first-order valence-corrected chi connectivity index (χ1v) is 18.7. The van der Waals surface area contributed by atoms with Gasteiger partial charge in [0.25, 0.3) is 0 Å². The van der Waals surface area contributed by atoms with E-state index in [2.05, 4.69) is 164 Å². The number of benzene rings is 9. The largest absolute Gasteiger partial charge is 0.456 e. The number of rotatable bonds is 4. The lowest BCUT2D eigenvalue weighted by atomic mass is 9.85. The topological polar surface area (TPSA) is 39.4 Å². The van der Waals surface area contributed by atoms with Crippen molar-refractivity contribution in [2.24, 2.45) is 0 Å². The standard InChI is InChI=1S/C52H30O3/c1-3-13-31(14-4-1)49-40-25-28-46-50(52(40)55-51(49)32-15-5-2-6-16-32)42-30-34(24-27-45(42)54-46)48-38-20-9-7-18-36(38)47(37-19-8-10-21-39(37)48)33-23-26-44-41(29-33)35-17-11-12-22-43(35)53-44/h1-30H. The van der Waals surface area contributed by atoms with Crippen LogP contribution in [-0.2, 0) is 0 Å². The molecule has 3 heteroatoms. The van der Waals surface area contributed by atoms with Gasteiger partial charge in [0.05, 0.1) is 5.39 Å². The summed E-state index contributed by atoms with van der Waals surface area (Å²) in [5, 5.41) is 10.1. The third-order valence-electron chi connectivity index (χ3n) is 11.3. The predicted molar refractivity (Wildman–Crippen MR) is 228 cm³/mol. The van der Waals surface area contributed by atoms with E-state index in [1.807, 2.05) is 18.2 Å². The van der Waals surface area contributed by atoms with Gasteiger partial charge < -0.3 is 13.3 Å². The summed E-state index contributed by atoms with van der Waals surface area (Å²) >= 11 is 0. The van der Waals surface area contributed by atoms with Crippen molar-refractivity contribution >= 4 is 76.4 Å². The van der Waals surface area contributed by atoms with Gasteiger partial charge in [-0.3, -0.25) is 0 Å². The van der Waals surface area contributed by atoms with Gasteiger partial charge in [-0.15, -0.1) is 0 Å². The van der Waals surface area contributed by atoms with E-state index < -0.39 is 0 Å². The Hall–Kier alpha value is -7.36. The van der Waals surface area contributed by atoms with Crippen LogP contribution < -0.4 is 0 Å². The maximum absolute atomic E-state index is 6.95. The number of para-hydroxylation sites is 1. The maximum Gasteiger partial charge on any atom is 0.147 e. The van der Waals surface area contributed by atoms with Gasteiger partial charge in [0.15, 0.2) is 0 Å². The summed E-state index contributed by atoms with van der Waals surface area (Å²) in [5.74, 6) is 0.856. The van der Waals surface area contributed by atoms with Crippen LogP contribution in [0.25, 0.3) is 121 Å². The summed E-state index contributed by atoms with van der Waals surface area (Å²) in [7, 11) is 0. The molecule has 0 aliphatic carbocycles. The average Bonchev–Trinajstić information content (AvgIpc) is 3.94. The molecule has 0 saturated carbocycles. The minimum atomic E-state index is 0.805. The lowest BCUT2D eigenvalue weighted by molar-refractivity contribution is 0.634. The second-order valence-electron chi connectivity index (χ2n) is 14.3. The van der Waals surface area contributed by atoms with Crippen molar-refractivity contribution in [2.75, 3.05) is 0 Å². The summed E-state index contributed by atoms with van der Waals surface area (Å²) in [6.45, 7) is 0. The Labute approximate surface area is 315 Å². The van der Waals surface area contributed by atoms with Crippen molar-refractivity contribution < 1.29 is 13.3 Å². The zero-order chi connectivity index (χ0) is 36.0. The van der Waals surface area contributed by atoms with Crippen LogP contribution in [0.1, 0.15) is 0 Å². The van der Waals surface area contributed by atoms with Gasteiger partial charge in [-0.2, -0.15) is 0 Å². The molecule has 0 saturated heterocycles. The minimum Gasteiger partial charge on any atom is -0.456 e. The zero-order valence-electron chi connectivity index (χ0n) is 29.5. The van der Waals surface area contributed by atoms with Crippen LogP contribution in [0.5, 0.6) is 0 Å². The Balaban J connectivity index is 1.13. The lowest BCUT2D eigenvalue weighted by Gasteiger charge is -2.17. The molecule has 0 aliphatic heterocycles. The minimum absolute atomic E-state index is 0.805. The predicted octanol–water partition coefficient (Wildman–Crippen LogP) is 15.2. The van der Waals surface area contributed by atoms with E-state index in [0.29, 0.717) is 0 Å². The zero-order valence-corrected chi connectivity index (χ0v) is 29.5. The van der Waals surface area contributed by atoms with Crippen LogP contribution in [0.2, 0.25) is 0 Å². The molecule has 0 fully saturated rings. The molecule has 0 unspecified atom stereocenters. The van der Waals surface area contributed by atoms with E-state index in [-0.39, 0.29) is 0 Å². The van der Waals surface area contributed by atoms with Crippen molar-refractivity contribution in [3.8, 4) is 44.7 Å². The molecule has 3 aromatic heterocycles. The van der Waals surface area contributed by atoms with Crippen molar-refractivity contribution in [3.05, 3.63) is 182 Å². The van der Waals surface area contributed by atoms with Crippen LogP contribution in [0, 0.1) is 0 Å². The third-order valence-corrected chi connectivity index (χ3v) is 11.3. The highest BCUT2D eigenvalue weighted by atomic mass is 16.3. The fourth-order valence-electron chi connectivity index (χ4n) is 8.89. The lowest BCUT2D eigenvalue weighted by Crippen LogP contribution is -1.90. The number of hydrogen-bond acceptors (Lipinski definition) is 3. The molecule has 0 bridgehead atoms. The molecule has 9 aromatic carbocycles. The first-order valence-electron chi connectivity index (χ1n) is 18.7. The van der Waals surface area contributed by atoms with E-state index >= 15 is 0 Å². The van der Waals surface area contributed by atoms with Gasteiger partial charge in [0.1, 0.15) is 33.7 Å². The molecule has 3 nitrogen and oxygen atoms in total. The van der Waals surface area contributed by atoms with Crippen LogP contribution in [0.15, 0.2) is 195 Å². The number of hydrogen-bond donors (Lipinski definition) is 0. The Bertz CT molecular complexity index is 3420. The van der Waals surface area contributed by atoms with E-state index in [1.165, 1.54) is 32.7 Å². The highest BCUT2D eigenvalue weighted by molar-refractivity contribution is 6.25. The first kappa shape index (κ1) is 30.1. The Morgan fingerprint density at radius 3 is 1.36 bits per heavy atom. The summed E-state index contributed by atoms with van der Waals surface area (Å²) in [4.78, 5) is 0. The molecule has 12 rings (SSSR count). The smallest absolute Gasteiger partial charge is 0.147 e. The van der Waals surface area contributed by atoms with E-state index in [4.69, 9.17) is 13.3 Å². The van der Waals surface area contributed by atoms with Gasteiger partial charge in [-0.1, -0.05) is 140 Å². The molecule has 3 heterocycles. The summed E-state index contributed by atoms with van der Waals surface area (Å²) < 4.78 is 19.7. The van der Waals surface area contributed by atoms with Crippen molar-refractivity contribution in [3.63, 3.8) is 0 Å². The van der Waals surface area contributed by atoms with Crippen molar-refractivity contribution in [1.29, 1.82) is 0 Å². The fraction of sp³-hybridized carbons (Fsp3) is 0. The van der Waals surface area contributed by atoms with Crippen molar-refractivity contribution in [2.45, 2.75) is 0 Å². The van der Waals surface area contributed by atoms with Crippen LogP contribution in [0.4, 0.5) is 0 Å². The van der Waals surface area contributed by atoms with Crippen molar-refractivity contribution in [1.82, 2.24) is 0 Å². The van der Waals surface area contributed by atoms with Crippen LogP contribution in [-0.4, -0.2) is 0 Å². The molecular weight excluding hydrogens is 673 g/mol. The molecular formula is C52H30O3. The first-order chi connectivity index (χ1) is 27.3. The maximum atomic E-state index is 6.95. The number of furan rings is 3. The Morgan fingerprint density at radius 1 is 0.255 bits per heavy atom. The molecule has 256 valence electrons. The molecule has 12 aromatic rings. The summed E-state index contributed by atoms with van der Waals surface area (Å²) in [6.07, 6.45) is 0. The Morgan fingerprint density at radius 2 is 0.727 bits per heavy atom. The van der Waals surface area contributed by atoms with Gasteiger partial charge in [0.2, 0.25) is 0 Å². The second kappa shape index (κ2) is 11.6. The van der Waals surface area contributed by atoms with Gasteiger partial charge in [-0.05, 0) is 91.8 Å². The molecule has 0 N–H and O–H groups in total. The SMILES string of the molecule is c1ccc(-c2oc3c(ccc4oc5ccc(-c6c7ccccc7c(-c7ccc8oc9ccccc9c8c7)c7ccccc67)cc5c43)c2-c2ccccc2)cc1. The van der Waals surface area contributed by atoms with E-state index in [1.54, 1.807) is 0 Å². The second-order valence-corrected chi connectivity index (χ2v) is 14.3. The highest BCUT2D eigenvalue weighted by Gasteiger charge is 2.23. The summed E-state index contributed by atoms with van der Waals surface area (Å²) in [6, 6.07) is 64.2. The molecule has 0 radical (unpaired) electrons. The quantitative estimate of drug-likeness (QED) is 0.171. The third kappa shape index (κ3) is 4.44.